The summed E-state index contributed by atoms with van der Waals surface area (Å²) in [6.07, 6.45) is 0.585. The van der Waals surface area contributed by atoms with Crippen LogP contribution in [0.2, 0.25) is 5.02 Å². The Kier molecular flexibility index (Phi) is 7.80. The standard InChI is InChI=1S/C18H29ClN2O2/c1-3-15-13-20(9-10-21(15)11-12-23-4-2)14-18(22)16-7-5-6-8-17(16)19/h5-8,15,18,22H,3-4,9-14H2,1-2H3/t15-,18+/m1/s1. The van der Waals surface area contributed by atoms with E-state index in [0.717, 1.165) is 51.4 Å². The molecule has 4 nitrogen and oxygen atoms in total. The van der Waals surface area contributed by atoms with Crippen LogP contribution in [-0.4, -0.2) is 66.9 Å². The molecule has 5 heteroatoms. The van der Waals surface area contributed by atoms with Gasteiger partial charge in [-0.2, -0.15) is 0 Å². The van der Waals surface area contributed by atoms with Gasteiger partial charge in [0, 0.05) is 56.0 Å². The third-order valence-electron chi connectivity index (χ3n) is 4.58. The van der Waals surface area contributed by atoms with Gasteiger partial charge in [0.25, 0.3) is 0 Å². The Morgan fingerprint density at radius 2 is 2.09 bits per heavy atom. The molecule has 2 atom stereocenters. The molecular weight excluding hydrogens is 312 g/mol. The highest BCUT2D eigenvalue weighted by Crippen LogP contribution is 2.24. The van der Waals surface area contributed by atoms with Gasteiger partial charge in [-0.15, -0.1) is 0 Å². The monoisotopic (exact) mass is 340 g/mol. The van der Waals surface area contributed by atoms with Crippen LogP contribution in [0, 0.1) is 0 Å². The largest absolute Gasteiger partial charge is 0.387 e. The highest BCUT2D eigenvalue weighted by atomic mass is 35.5. The van der Waals surface area contributed by atoms with Crippen molar-refractivity contribution in [3.8, 4) is 0 Å². The highest BCUT2D eigenvalue weighted by Gasteiger charge is 2.27. The second kappa shape index (κ2) is 9.60. The molecule has 1 aromatic carbocycles. The van der Waals surface area contributed by atoms with E-state index in [0.29, 0.717) is 17.6 Å². The Labute approximate surface area is 145 Å². The lowest BCUT2D eigenvalue weighted by Gasteiger charge is -2.41. The van der Waals surface area contributed by atoms with E-state index in [9.17, 15) is 5.11 Å². The summed E-state index contributed by atoms with van der Waals surface area (Å²) >= 11 is 6.19. The number of benzene rings is 1. The number of nitrogens with zero attached hydrogens (tertiary/aromatic N) is 2. The van der Waals surface area contributed by atoms with Crippen LogP contribution in [0.15, 0.2) is 24.3 Å². The van der Waals surface area contributed by atoms with Gasteiger partial charge in [0.15, 0.2) is 0 Å². The van der Waals surface area contributed by atoms with Crippen molar-refractivity contribution in [2.75, 3.05) is 45.9 Å². The van der Waals surface area contributed by atoms with Gasteiger partial charge in [-0.05, 0) is 19.4 Å². The molecule has 1 fully saturated rings. The van der Waals surface area contributed by atoms with Gasteiger partial charge in [0.2, 0.25) is 0 Å². The molecule has 1 aliphatic rings. The van der Waals surface area contributed by atoms with Crippen molar-refractivity contribution in [1.29, 1.82) is 0 Å². The Hall–Kier alpha value is -0.650. The molecule has 0 amide bonds. The number of ether oxygens (including phenoxy) is 1. The highest BCUT2D eigenvalue weighted by molar-refractivity contribution is 6.31. The molecule has 0 aliphatic carbocycles. The zero-order chi connectivity index (χ0) is 16.7. The number of piperazine rings is 1. The first-order valence-corrected chi connectivity index (χ1v) is 9.00. The quantitative estimate of drug-likeness (QED) is 0.738. The van der Waals surface area contributed by atoms with Crippen LogP contribution < -0.4 is 0 Å². The maximum Gasteiger partial charge on any atom is 0.0931 e. The molecule has 0 bridgehead atoms. The first-order valence-electron chi connectivity index (χ1n) is 8.62. The number of aliphatic hydroxyl groups excluding tert-OH is 1. The Morgan fingerprint density at radius 1 is 1.30 bits per heavy atom. The van der Waals surface area contributed by atoms with Crippen molar-refractivity contribution in [2.45, 2.75) is 32.4 Å². The molecule has 0 spiro atoms. The smallest absolute Gasteiger partial charge is 0.0931 e. The SMILES string of the molecule is CCOCCN1CCN(C[C@H](O)c2ccccc2Cl)C[C@H]1CC. The minimum absolute atomic E-state index is 0.530. The summed E-state index contributed by atoms with van der Waals surface area (Å²) in [6.45, 7) is 10.5. The van der Waals surface area contributed by atoms with Crippen molar-refractivity contribution >= 4 is 11.6 Å². The second-order valence-electron chi connectivity index (χ2n) is 6.09. The Bertz CT molecular complexity index is 472. The maximum atomic E-state index is 10.5. The number of rotatable bonds is 8. The molecule has 1 aliphatic heterocycles. The summed E-state index contributed by atoms with van der Waals surface area (Å²) in [4.78, 5) is 4.85. The minimum Gasteiger partial charge on any atom is -0.387 e. The van der Waals surface area contributed by atoms with Crippen LogP contribution in [0.5, 0.6) is 0 Å². The fraction of sp³-hybridized carbons (Fsp3) is 0.667. The van der Waals surface area contributed by atoms with Crippen LogP contribution in [0.1, 0.15) is 31.9 Å². The van der Waals surface area contributed by atoms with Gasteiger partial charge in [-0.1, -0.05) is 36.7 Å². The molecule has 2 rings (SSSR count). The number of hydrogen-bond acceptors (Lipinski definition) is 4. The molecule has 0 radical (unpaired) electrons. The average molecular weight is 341 g/mol. The van der Waals surface area contributed by atoms with Gasteiger partial charge < -0.3 is 9.84 Å². The first-order chi connectivity index (χ1) is 11.2. The fourth-order valence-corrected chi connectivity index (χ4v) is 3.48. The van der Waals surface area contributed by atoms with Gasteiger partial charge >= 0.3 is 0 Å². The van der Waals surface area contributed by atoms with E-state index in [-0.39, 0.29) is 0 Å². The average Bonchev–Trinajstić information content (AvgIpc) is 2.56. The van der Waals surface area contributed by atoms with Crippen molar-refractivity contribution in [3.05, 3.63) is 34.9 Å². The summed E-state index contributed by atoms with van der Waals surface area (Å²) in [7, 11) is 0. The predicted octanol–water partition coefficient (Wildman–Crippen LogP) is 2.81. The van der Waals surface area contributed by atoms with Gasteiger partial charge in [0.05, 0.1) is 12.7 Å². The number of β-amino-alcohol motifs (C(OH)–C–C–N with tert-alkyl or cyclic N) is 1. The summed E-state index contributed by atoms with van der Waals surface area (Å²) in [5, 5.41) is 11.1. The minimum atomic E-state index is -0.531. The molecule has 23 heavy (non-hydrogen) atoms. The lowest BCUT2D eigenvalue weighted by atomic mass is 10.1. The second-order valence-corrected chi connectivity index (χ2v) is 6.50. The number of aliphatic hydroxyl groups is 1. The van der Waals surface area contributed by atoms with Crippen molar-refractivity contribution < 1.29 is 9.84 Å². The molecule has 1 saturated heterocycles. The van der Waals surface area contributed by atoms with Crippen molar-refractivity contribution in [3.63, 3.8) is 0 Å². The topological polar surface area (TPSA) is 35.9 Å². The van der Waals surface area contributed by atoms with E-state index >= 15 is 0 Å². The van der Waals surface area contributed by atoms with Gasteiger partial charge in [-0.3, -0.25) is 9.80 Å². The van der Waals surface area contributed by atoms with E-state index in [2.05, 4.69) is 16.7 Å². The summed E-state index contributed by atoms with van der Waals surface area (Å²) < 4.78 is 5.48. The summed E-state index contributed by atoms with van der Waals surface area (Å²) in [6, 6.07) is 8.08. The molecule has 1 heterocycles. The van der Waals surface area contributed by atoms with Crippen LogP contribution in [0.4, 0.5) is 0 Å². The van der Waals surface area contributed by atoms with Crippen molar-refractivity contribution in [1.82, 2.24) is 9.80 Å². The lowest BCUT2D eigenvalue weighted by Crippen LogP contribution is -2.54. The third-order valence-corrected chi connectivity index (χ3v) is 4.93. The molecular formula is C18H29ClN2O2. The molecule has 1 N–H and O–H groups in total. The Morgan fingerprint density at radius 3 is 2.78 bits per heavy atom. The number of hydrogen-bond donors (Lipinski definition) is 1. The zero-order valence-electron chi connectivity index (χ0n) is 14.2. The van der Waals surface area contributed by atoms with Crippen LogP contribution in [0.25, 0.3) is 0 Å². The predicted molar refractivity (Wildman–Crippen MR) is 95.0 cm³/mol. The fourth-order valence-electron chi connectivity index (χ4n) is 3.22. The number of halogens is 1. The third kappa shape index (κ3) is 5.44. The van der Waals surface area contributed by atoms with Crippen LogP contribution >= 0.6 is 11.6 Å². The van der Waals surface area contributed by atoms with E-state index in [1.807, 2.05) is 31.2 Å². The van der Waals surface area contributed by atoms with E-state index < -0.39 is 6.10 Å². The molecule has 130 valence electrons. The van der Waals surface area contributed by atoms with E-state index in [1.165, 1.54) is 0 Å². The summed E-state index contributed by atoms with van der Waals surface area (Å²) in [5.41, 5.74) is 0.820. The molecule has 1 aromatic rings. The maximum absolute atomic E-state index is 10.5. The first kappa shape index (κ1) is 18.7. The molecule has 0 aromatic heterocycles. The van der Waals surface area contributed by atoms with Crippen LogP contribution in [0.3, 0.4) is 0 Å². The van der Waals surface area contributed by atoms with E-state index in [1.54, 1.807) is 0 Å². The normalized spacial score (nSPS) is 21.5. The van der Waals surface area contributed by atoms with Gasteiger partial charge in [0.1, 0.15) is 0 Å². The molecule has 0 saturated carbocycles. The van der Waals surface area contributed by atoms with Crippen LogP contribution in [-0.2, 0) is 4.74 Å². The van der Waals surface area contributed by atoms with E-state index in [4.69, 9.17) is 16.3 Å². The summed E-state index contributed by atoms with van der Waals surface area (Å²) in [5.74, 6) is 0. The molecule has 0 unspecified atom stereocenters. The van der Waals surface area contributed by atoms with Crippen molar-refractivity contribution in [2.24, 2.45) is 0 Å². The van der Waals surface area contributed by atoms with Gasteiger partial charge in [-0.25, -0.2) is 0 Å². The lowest BCUT2D eigenvalue weighted by molar-refractivity contribution is 0.0213. The Balaban J connectivity index is 1.87. The zero-order valence-corrected chi connectivity index (χ0v) is 15.0.